The molecule has 206 valence electrons. The van der Waals surface area contributed by atoms with Crippen molar-refractivity contribution in [3.05, 3.63) is 129 Å². The van der Waals surface area contributed by atoms with E-state index in [4.69, 9.17) is 0 Å². The molecule has 0 heterocycles. The molecule has 0 aliphatic heterocycles. The number of ketones is 2. The van der Waals surface area contributed by atoms with Crippen LogP contribution in [0.25, 0.3) is 23.5 Å². The zero-order chi connectivity index (χ0) is 27.9. The summed E-state index contributed by atoms with van der Waals surface area (Å²) < 4.78 is 0. The minimum Gasteiger partial charge on any atom is -0.507 e. The van der Waals surface area contributed by atoms with Crippen LogP contribution in [0.1, 0.15) is 64.9 Å². The molecule has 5 rings (SSSR count). The van der Waals surface area contributed by atoms with Gasteiger partial charge in [-0.3, -0.25) is 9.59 Å². The largest absolute Gasteiger partial charge is 0.507 e. The van der Waals surface area contributed by atoms with Crippen LogP contribution < -0.4 is 0 Å². The molecular formula is C35H36ClNO3. The summed E-state index contributed by atoms with van der Waals surface area (Å²) >= 11 is 0. The van der Waals surface area contributed by atoms with E-state index in [1.807, 2.05) is 19.9 Å². The minimum absolute atomic E-state index is 0. The van der Waals surface area contributed by atoms with Gasteiger partial charge in [0, 0.05) is 23.2 Å². The molecule has 0 fully saturated rings. The molecule has 2 aliphatic rings. The Morgan fingerprint density at radius 1 is 0.750 bits per heavy atom. The standard InChI is InChI=1S/C20H21N.C15H14O3.ClH/c1-21(2)15-7-12-20-18-10-5-3-8-16(18)13-14-17-9-4-6-11-19(17)20;1-9(2)7-8-12-13(16)10-5-3-4-6-11(10)14(17)15(12)18;/h3-6,8-14H,7,15H2,1-2H3;3-7,16H,8H2,1-2H3;1H. The van der Waals surface area contributed by atoms with Crippen molar-refractivity contribution in [2.75, 3.05) is 20.6 Å². The lowest BCUT2D eigenvalue weighted by Gasteiger charge is -2.16. The van der Waals surface area contributed by atoms with Gasteiger partial charge in [0.05, 0.1) is 0 Å². The van der Waals surface area contributed by atoms with Crippen LogP contribution in [0.5, 0.6) is 0 Å². The summed E-state index contributed by atoms with van der Waals surface area (Å²) in [7, 11) is 4.24. The smallest absolute Gasteiger partial charge is 0.234 e. The molecule has 0 spiro atoms. The molecule has 3 aromatic carbocycles. The monoisotopic (exact) mass is 553 g/mol. The highest BCUT2D eigenvalue weighted by molar-refractivity contribution is 6.52. The molecule has 5 heteroatoms. The van der Waals surface area contributed by atoms with Gasteiger partial charge in [-0.05, 0) is 68.6 Å². The lowest BCUT2D eigenvalue weighted by atomic mass is 9.87. The maximum atomic E-state index is 11.9. The maximum absolute atomic E-state index is 11.9. The number of hydrogen-bond acceptors (Lipinski definition) is 4. The number of aliphatic hydroxyl groups is 1. The van der Waals surface area contributed by atoms with Crippen molar-refractivity contribution in [1.82, 2.24) is 4.90 Å². The number of Topliss-reactive ketones (excluding diaryl/α,β-unsaturated/α-hetero) is 2. The predicted octanol–water partition coefficient (Wildman–Crippen LogP) is 8.05. The van der Waals surface area contributed by atoms with Gasteiger partial charge in [-0.2, -0.15) is 0 Å². The summed E-state index contributed by atoms with van der Waals surface area (Å²) in [6.45, 7) is 4.88. The summed E-state index contributed by atoms with van der Waals surface area (Å²) in [5.41, 5.74) is 8.55. The van der Waals surface area contributed by atoms with E-state index in [-0.39, 0.29) is 35.7 Å². The maximum Gasteiger partial charge on any atom is 0.234 e. The van der Waals surface area contributed by atoms with Gasteiger partial charge in [-0.15, -0.1) is 12.4 Å². The third kappa shape index (κ3) is 6.95. The second kappa shape index (κ2) is 13.9. The fraction of sp³-hybridized carbons (Fsp3) is 0.200. The third-order valence-electron chi connectivity index (χ3n) is 6.78. The Bertz CT molecular complexity index is 1470. The van der Waals surface area contributed by atoms with Crippen LogP contribution >= 0.6 is 12.4 Å². The SMILES string of the molecule is CC(C)=CCC1=C(O)c2ccccc2C(=O)C1=O.CN(C)CCC=C1c2ccccc2C=Cc2ccccc21.Cl. The fourth-order valence-electron chi connectivity index (χ4n) is 4.70. The van der Waals surface area contributed by atoms with Crippen LogP contribution in [0, 0.1) is 0 Å². The van der Waals surface area contributed by atoms with Crippen LogP contribution in [-0.2, 0) is 4.79 Å². The molecule has 0 saturated heterocycles. The molecule has 2 aliphatic carbocycles. The van der Waals surface area contributed by atoms with Gasteiger partial charge in [0.1, 0.15) is 5.76 Å². The number of rotatable bonds is 5. The molecule has 0 amide bonds. The normalized spacial score (nSPS) is 13.3. The molecule has 0 radical (unpaired) electrons. The number of benzene rings is 3. The predicted molar refractivity (Wildman–Crippen MR) is 169 cm³/mol. The Morgan fingerprint density at radius 3 is 1.77 bits per heavy atom. The van der Waals surface area contributed by atoms with E-state index in [9.17, 15) is 14.7 Å². The van der Waals surface area contributed by atoms with Crippen LogP contribution in [0.4, 0.5) is 0 Å². The van der Waals surface area contributed by atoms with Gasteiger partial charge in [-0.1, -0.05) is 103 Å². The number of allylic oxidation sites excluding steroid dienone is 3. The number of hydrogen-bond donors (Lipinski definition) is 1. The summed E-state index contributed by atoms with van der Waals surface area (Å²) in [6.07, 6.45) is 10.00. The van der Waals surface area contributed by atoms with Gasteiger partial charge in [-0.25, -0.2) is 0 Å². The van der Waals surface area contributed by atoms with E-state index in [0.29, 0.717) is 5.56 Å². The van der Waals surface area contributed by atoms with E-state index >= 15 is 0 Å². The molecule has 0 bridgehead atoms. The van der Waals surface area contributed by atoms with Crippen LogP contribution in [0.3, 0.4) is 0 Å². The highest BCUT2D eigenvalue weighted by Crippen LogP contribution is 2.34. The molecule has 0 aromatic heterocycles. The van der Waals surface area contributed by atoms with Crippen molar-refractivity contribution in [2.24, 2.45) is 0 Å². The topological polar surface area (TPSA) is 57.6 Å². The zero-order valence-electron chi connectivity index (χ0n) is 23.5. The van der Waals surface area contributed by atoms with Crippen molar-refractivity contribution < 1.29 is 14.7 Å². The Balaban J connectivity index is 0.000000218. The lowest BCUT2D eigenvalue weighted by molar-refractivity contribution is -0.112. The molecule has 4 nitrogen and oxygen atoms in total. The number of aliphatic hydroxyl groups excluding tert-OH is 1. The first-order valence-electron chi connectivity index (χ1n) is 13.2. The summed E-state index contributed by atoms with van der Waals surface area (Å²) in [5, 5.41) is 10.1. The molecule has 1 N–H and O–H groups in total. The van der Waals surface area contributed by atoms with Gasteiger partial charge in [0.25, 0.3) is 0 Å². The molecule has 0 unspecified atom stereocenters. The first-order chi connectivity index (χ1) is 18.8. The Hall–Kier alpha value is -3.99. The van der Waals surface area contributed by atoms with E-state index in [2.05, 4.69) is 85.8 Å². The van der Waals surface area contributed by atoms with E-state index < -0.39 is 11.6 Å². The van der Waals surface area contributed by atoms with Gasteiger partial charge in [0.15, 0.2) is 0 Å². The van der Waals surface area contributed by atoms with E-state index in [0.717, 1.165) is 18.5 Å². The van der Waals surface area contributed by atoms with Gasteiger partial charge < -0.3 is 10.0 Å². The molecule has 0 atom stereocenters. The highest BCUT2D eigenvalue weighted by atomic mass is 35.5. The van der Waals surface area contributed by atoms with Crippen molar-refractivity contribution in [1.29, 1.82) is 0 Å². The highest BCUT2D eigenvalue weighted by Gasteiger charge is 2.31. The second-order valence-corrected chi connectivity index (χ2v) is 10.2. The first-order valence-corrected chi connectivity index (χ1v) is 13.2. The number of nitrogens with zero attached hydrogens (tertiary/aromatic N) is 1. The zero-order valence-corrected chi connectivity index (χ0v) is 24.3. The van der Waals surface area contributed by atoms with Gasteiger partial charge >= 0.3 is 0 Å². The van der Waals surface area contributed by atoms with Crippen molar-refractivity contribution in [2.45, 2.75) is 26.7 Å². The van der Waals surface area contributed by atoms with Crippen molar-refractivity contribution >= 4 is 47.5 Å². The van der Waals surface area contributed by atoms with Crippen LogP contribution in [0.15, 0.2) is 96.1 Å². The van der Waals surface area contributed by atoms with E-state index in [1.165, 1.54) is 27.8 Å². The number of carbonyl (C=O) groups is 2. The number of halogens is 1. The molecular weight excluding hydrogens is 518 g/mol. The van der Waals surface area contributed by atoms with Crippen LogP contribution in [0.2, 0.25) is 0 Å². The minimum atomic E-state index is -0.608. The average molecular weight is 554 g/mol. The quantitative estimate of drug-likeness (QED) is 0.201. The second-order valence-electron chi connectivity index (χ2n) is 10.2. The van der Waals surface area contributed by atoms with Gasteiger partial charge in [0.2, 0.25) is 11.6 Å². The van der Waals surface area contributed by atoms with E-state index in [1.54, 1.807) is 24.3 Å². The van der Waals surface area contributed by atoms with Crippen molar-refractivity contribution in [3.8, 4) is 0 Å². The first kappa shape index (κ1) is 30.6. The molecule has 0 saturated carbocycles. The average Bonchev–Trinajstić information content (AvgIpc) is 3.09. The Labute approximate surface area is 243 Å². The number of fused-ring (bicyclic) bond motifs is 3. The molecule has 3 aromatic rings. The van der Waals surface area contributed by atoms with Crippen LogP contribution in [-0.4, -0.2) is 42.2 Å². The molecule has 40 heavy (non-hydrogen) atoms. The fourth-order valence-corrected chi connectivity index (χ4v) is 4.70. The Kier molecular flexibility index (Phi) is 10.6. The summed E-state index contributed by atoms with van der Waals surface area (Å²) in [5.74, 6) is -1.23. The Morgan fingerprint density at radius 2 is 1.25 bits per heavy atom. The van der Waals surface area contributed by atoms with Crippen molar-refractivity contribution in [3.63, 3.8) is 0 Å². The summed E-state index contributed by atoms with van der Waals surface area (Å²) in [6, 6.07) is 23.9. The third-order valence-corrected chi connectivity index (χ3v) is 6.78. The number of carbonyl (C=O) groups excluding carboxylic acids is 2. The summed E-state index contributed by atoms with van der Waals surface area (Å²) in [4.78, 5) is 26.0. The lowest BCUT2D eigenvalue weighted by Crippen LogP contribution is -2.23.